The number of hydrogen-bond acceptors (Lipinski definition) is 5. The second-order valence-corrected chi connectivity index (χ2v) is 10.6. The van der Waals surface area contributed by atoms with Crippen molar-refractivity contribution in [2.75, 3.05) is 6.61 Å². The summed E-state index contributed by atoms with van der Waals surface area (Å²) < 4.78 is 11.7. The Balaban J connectivity index is 1.26. The van der Waals surface area contributed by atoms with E-state index >= 15 is 0 Å². The van der Waals surface area contributed by atoms with Crippen LogP contribution >= 0.6 is 0 Å². The molecular weight excluding hydrogens is 508 g/mol. The van der Waals surface area contributed by atoms with Gasteiger partial charge in [-0.2, -0.15) is 5.11 Å². The Labute approximate surface area is 244 Å². The van der Waals surface area contributed by atoms with Crippen LogP contribution in [-0.2, 0) is 0 Å². The van der Waals surface area contributed by atoms with Gasteiger partial charge in [0.25, 0.3) is 0 Å². The molecule has 0 aliphatic heterocycles. The third-order valence-corrected chi connectivity index (χ3v) is 7.23. The highest BCUT2D eigenvalue weighted by Crippen LogP contribution is 2.34. The number of nitrogens with zero attached hydrogens (tertiary/aromatic N) is 2. The van der Waals surface area contributed by atoms with Crippen molar-refractivity contribution in [2.24, 2.45) is 10.2 Å². The van der Waals surface area contributed by atoms with Crippen molar-refractivity contribution in [3.8, 4) is 11.5 Å². The SMILES string of the molecule is CCCCCCCCCCCCOc1ccc(C(=O)Oc2ccc(N=Nc3ccc(C)cc3)c3ccccc23)cc1. The zero-order chi connectivity index (χ0) is 28.7. The number of rotatable bonds is 16. The minimum absolute atomic E-state index is 0.412. The van der Waals surface area contributed by atoms with Crippen molar-refractivity contribution in [3.63, 3.8) is 0 Å². The average molecular weight is 551 g/mol. The lowest BCUT2D eigenvalue weighted by molar-refractivity contribution is 0.0737. The summed E-state index contributed by atoms with van der Waals surface area (Å²) in [6.07, 6.45) is 13.0. The van der Waals surface area contributed by atoms with Crippen molar-refractivity contribution in [1.82, 2.24) is 0 Å². The number of carbonyl (C=O) groups excluding carboxylic acids is 1. The minimum Gasteiger partial charge on any atom is -0.494 e. The van der Waals surface area contributed by atoms with Gasteiger partial charge >= 0.3 is 5.97 Å². The van der Waals surface area contributed by atoms with E-state index in [-0.39, 0.29) is 0 Å². The van der Waals surface area contributed by atoms with Crippen molar-refractivity contribution in [2.45, 2.75) is 78.1 Å². The van der Waals surface area contributed by atoms with Crippen molar-refractivity contribution in [1.29, 1.82) is 0 Å². The molecule has 0 unspecified atom stereocenters. The minimum atomic E-state index is -0.412. The fraction of sp³-hybridized carbons (Fsp3) is 0.361. The molecule has 0 saturated carbocycles. The van der Waals surface area contributed by atoms with Crippen LogP contribution in [0.15, 0.2) is 95.2 Å². The first-order valence-corrected chi connectivity index (χ1v) is 15.1. The molecule has 4 aromatic carbocycles. The number of carbonyl (C=O) groups is 1. The molecule has 0 N–H and O–H groups in total. The number of unbranched alkanes of at least 4 members (excludes halogenated alkanes) is 9. The van der Waals surface area contributed by atoms with Gasteiger partial charge in [0.1, 0.15) is 11.5 Å². The summed E-state index contributed by atoms with van der Waals surface area (Å²) in [5, 5.41) is 10.5. The summed E-state index contributed by atoms with van der Waals surface area (Å²) in [5.41, 5.74) is 3.14. The lowest BCUT2D eigenvalue weighted by Gasteiger charge is -2.10. The van der Waals surface area contributed by atoms with Gasteiger partial charge in [-0.05, 0) is 61.9 Å². The highest BCUT2D eigenvalue weighted by Gasteiger charge is 2.13. The Hall–Kier alpha value is -3.99. The van der Waals surface area contributed by atoms with E-state index in [4.69, 9.17) is 9.47 Å². The summed E-state index contributed by atoms with van der Waals surface area (Å²) in [7, 11) is 0. The molecule has 0 radical (unpaired) electrons. The Morgan fingerprint density at radius 3 is 1.98 bits per heavy atom. The second kappa shape index (κ2) is 16.3. The lowest BCUT2D eigenvalue weighted by Crippen LogP contribution is -2.08. The Kier molecular flexibility index (Phi) is 11.9. The molecule has 41 heavy (non-hydrogen) atoms. The van der Waals surface area contributed by atoms with Gasteiger partial charge in [0.15, 0.2) is 0 Å². The van der Waals surface area contributed by atoms with Gasteiger partial charge < -0.3 is 9.47 Å². The van der Waals surface area contributed by atoms with Crippen LogP contribution in [0.5, 0.6) is 11.5 Å². The molecule has 0 aliphatic rings. The molecule has 4 rings (SSSR count). The van der Waals surface area contributed by atoms with E-state index in [0.717, 1.165) is 28.6 Å². The van der Waals surface area contributed by atoms with Crippen LogP contribution < -0.4 is 9.47 Å². The molecular formula is C36H42N2O3. The first-order chi connectivity index (χ1) is 20.1. The smallest absolute Gasteiger partial charge is 0.343 e. The van der Waals surface area contributed by atoms with Gasteiger partial charge in [-0.15, -0.1) is 5.11 Å². The van der Waals surface area contributed by atoms with Crippen LogP contribution in [0, 0.1) is 6.92 Å². The zero-order valence-corrected chi connectivity index (χ0v) is 24.5. The maximum absolute atomic E-state index is 12.9. The zero-order valence-electron chi connectivity index (χ0n) is 24.5. The van der Waals surface area contributed by atoms with Gasteiger partial charge in [-0.25, -0.2) is 4.79 Å². The van der Waals surface area contributed by atoms with Crippen molar-refractivity contribution in [3.05, 3.63) is 96.1 Å². The summed E-state index contributed by atoms with van der Waals surface area (Å²) in [6, 6.07) is 26.4. The molecule has 214 valence electrons. The van der Waals surface area contributed by atoms with Gasteiger partial charge in [0.05, 0.1) is 23.5 Å². The van der Waals surface area contributed by atoms with Crippen LogP contribution in [0.3, 0.4) is 0 Å². The Bertz CT molecular complexity index is 1400. The third-order valence-electron chi connectivity index (χ3n) is 7.23. The number of aryl methyl sites for hydroxylation is 1. The normalized spacial score (nSPS) is 11.3. The van der Waals surface area contributed by atoms with E-state index in [0.29, 0.717) is 23.6 Å². The van der Waals surface area contributed by atoms with E-state index in [9.17, 15) is 4.79 Å². The number of azo groups is 1. The predicted molar refractivity (Wildman–Crippen MR) is 168 cm³/mol. The fourth-order valence-corrected chi connectivity index (χ4v) is 4.78. The number of ether oxygens (including phenoxy) is 2. The second-order valence-electron chi connectivity index (χ2n) is 10.6. The highest BCUT2D eigenvalue weighted by molar-refractivity contribution is 5.99. The number of benzene rings is 4. The molecule has 0 aliphatic carbocycles. The number of fused-ring (bicyclic) bond motifs is 1. The van der Waals surface area contributed by atoms with Gasteiger partial charge in [-0.3, -0.25) is 0 Å². The molecule has 4 aromatic rings. The molecule has 0 amide bonds. The van der Waals surface area contributed by atoms with Gasteiger partial charge in [0, 0.05) is 10.8 Å². The van der Waals surface area contributed by atoms with E-state index in [1.165, 1.54) is 63.4 Å². The largest absolute Gasteiger partial charge is 0.494 e. The quantitative estimate of drug-likeness (QED) is 0.0603. The molecule has 0 atom stereocenters. The topological polar surface area (TPSA) is 60.2 Å². The Morgan fingerprint density at radius 2 is 1.29 bits per heavy atom. The van der Waals surface area contributed by atoms with Crippen LogP contribution in [0.1, 0.15) is 87.1 Å². The van der Waals surface area contributed by atoms with E-state index in [2.05, 4.69) is 17.2 Å². The maximum atomic E-state index is 12.9. The first kappa shape index (κ1) is 30.0. The van der Waals surface area contributed by atoms with E-state index in [1.807, 2.05) is 73.7 Å². The number of hydrogen-bond donors (Lipinski definition) is 0. The third kappa shape index (κ3) is 9.56. The summed E-state index contributed by atoms with van der Waals surface area (Å²) in [4.78, 5) is 12.9. The summed E-state index contributed by atoms with van der Waals surface area (Å²) in [6.45, 7) is 4.99. The molecule has 0 heterocycles. The van der Waals surface area contributed by atoms with E-state index < -0.39 is 5.97 Å². The predicted octanol–water partition coefficient (Wildman–Crippen LogP) is 11.1. The molecule has 0 bridgehead atoms. The first-order valence-electron chi connectivity index (χ1n) is 15.1. The molecule has 5 nitrogen and oxygen atoms in total. The fourth-order valence-electron chi connectivity index (χ4n) is 4.78. The maximum Gasteiger partial charge on any atom is 0.343 e. The van der Waals surface area contributed by atoms with E-state index in [1.54, 1.807) is 18.2 Å². The van der Waals surface area contributed by atoms with Crippen LogP contribution in [0.25, 0.3) is 10.8 Å². The molecule has 5 heteroatoms. The number of esters is 1. The van der Waals surface area contributed by atoms with Gasteiger partial charge in [0.2, 0.25) is 0 Å². The van der Waals surface area contributed by atoms with Crippen molar-refractivity contribution < 1.29 is 14.3 Å². The summed E-state index contributed by atoms with van der Waals surface area (Å²) >= 11 is 0. The van der Waals surface area contributed by atoms with Gasteiger partial charge in [-0.1, -0.05) is 107 Å². The van der Waals surface area contributed by atoms with Crippen LogP contribution in [-0.4, -0.2) is 12.6 Å². The highest BCUT2D eigenvalue weighted by atomic mass is 16.5. The van der Waals surface area contributed by atoms with Crippen molar-refractivity contribution >= 4 is 28.1 Å². The monoisotopic (exact) mass is 550 g/mol. The molecule has 0 fully saturated rings. The summed E-state index contributed by atoms with van der Waals surface area (Å²) in [5.74, 6) is 0.845. The Morgan fingerprint density at radius 1 is 0.659 bits per heavy atom. The molecule has 0 saturated heterocycles. The average Bonchev–Trinajstić information content (AvgIpc) is 3.00. The van der Waals surface area contributed by atoms with Crippen LogP contribution in [0.2, 0.25) is 0 Å². The standard InChI is InChI=1S/C36H42N2O3/c1-3-4-5-6-7-8-9-10-11-14-27-40-31-23-19-29(20-24-31)36(39)41-35-26-25-34(32-15-12-13-16-33(32)35)38-37-30-21-17-28(2)18-22-30/h12-13,15-26H,3-11,14,27H2,1-2H3. The molecule has 0 spiro atoms. The van der Waals surface area contributed by atoms with Crippen LogP contribution in [0.4, 0.5) is 11.4 Å². The lowest BCUT2D eigenvalue weighted by atomic mass is 10.1. The molecule has 0 aromatic heterocycles.